The summed E-state index contributed by atoms with van der Waals surface area (Å²) in [5.41, 5.74) is 0.526. The summed E-state index contributed by atoms with van der Waals surface area (Å²) in [5, 5.41) is 3.18. The van der Waals surface area contributed by atoms with Gasteiger partial charge in [-0.3, -0.25) is 9.59 Å². The van der Waals surface area contributed by atoms with Gasteiger partial charge in [0, 0.05) is 39.1 Å². The van der Waals surface area contributed by atoms with Crippen LogP contribution in [0.5, 0.6) is 0 Å². The Balaban J connectivity index is 1.83. The fraction of sp³-hybridized carbons (Fsp3) is 0.550. The number of hydrogen-bond acceptors (Lipinski definition) is 3. The summed E-state index contributed by atoms with van der Waals surface area (Å²) >= 11 is 6.04. The number of hydrogen-bond donors (Lipinski definition) is 1. The SMILES string of the molecule is CCN(CC)C(=O)N1CCC(C(=O)N(C)CC(=O)Nc2ccccc2Cl)CC1. The fourth-order valence-electron chi connectivity index (χ4n) is 3.37. The highest BCUT2D eigenvalue weighted by Gasteiger charge is 2.30. The molecule has 0 radical (unpaired) electrons. The monoisotopic (exact) mass is 408 g/mol. The molecule has 0 bridgehead atoms. The average molecular weight is 409 g/mol. The van der Waals surface area contributed by atoms with E-state index in [9.17, 15) is 14.4 Å². The molecule has 4 amide bonds. The quantitative estimate of drug-likeness (QED) is 0.786. The van der Waals surface area contributed by atoms with Crippen LogP contribution in [0.15, 0.2) is 24.3 Å². The van der Waals surface area contributed by atoms with E-state index >= 15 is 0 Å². The van der Waals surface area contributed by atoms with E-state index in [2.05, 4.69) is 5.32 Å². The third kappa shape index (κ3) is 5.61. The van der Waals surface area contributed by atoms with Gasteiger partial charge in [0.05, 0.1) is 17.3 Å². The number of carbonyl (C=O) groups excluding carboxylic acids is 3. The van der Waals surface area contributed by atoms with Gasteiger partial charge in [0.25, 0.3) is 0 Å². The number of rotatable bonds is 6. The van der Waals surface area contributed by atoms with Gasteiger partial charge < -0.3 is 20.0 Å². The topological polar surface area (TPSA) is 73.0 Å². The second kappa shape index (κ2) is 10.3. The molecule has 0 aromatic heterocycles. The van der Waals surface area contributed by atoms with Gasteiger partial charge in [-0.25, -0.2) is 4.79 Å². The third-order valence-corrected chi connectivity index (χ3v) is 5.38. The highest BCUT2D eigenvalue weighted by molar-refractivity contribution is 6.33. The molecule has 1 aliphatic heterocycles. The van der Waals surface area contributed by atoms with Crippen molar-refractivity contribution in [2.45, 2.75) is 26.7 Å². The molecule has 1 fully saturated rings. The number of urea groups is 1. The van der Waals surface area contributed by atoms with Gasteiger partial charge in [0.2, 0.25) is 11.8 Å². The van der Waals surface area contributed by atoms with Crippen LogP contribution < -0.4 is 5.32 Å². The second-order valence-electron chi connectivity index (χ2n) is 6.94. The number of likely N-dealkylation sites (N-methyl/N-ethyl adjacent to an activating group) is 1. The first-order valence-electron chi connectivity index (χ1n) is 9.70. The number of benzene rings is 1. The van der Waals surface area contributed by atoms with Crippen LogP contribution in [0.2, 0.25) is 5.02 Å². The molecular weight excluding hydrogens is 380 g/mol. The molecule has 1 saturated heterocycles. The number of piperidine rings is 1. The van der Waals surface area contributed by atoms with Gasteiger partial charge in [-0.05, 0) is 38.8 Å². The number of anilines is 1. The summed E-state index contributed by atoms with van der Waals surface area (Å²) < 4.78 is 0. The van der Waals surface area contributed by atoms with Crippen LogP contribution in [0, 0.1) is 5.92 Å². The van der Waals surface area contributed by atoms with Crippen molar-refractivity contribution < 1.29 is 14.4 Å². The molecule has 1 aromatic rings. The number of nitrogens with one attached hydrogen (secondary N) is 1. The zero-order valence-corrected chi connectivity index (χ0v) is 17.5. The predicted molar refractivity (Wildman–Crippen MR) is 110 cm³/mol. The van der Waals surface area contributed by atoms with E-state index in [1.807, 2.05) is 13.8 Å². The van der Waals surface area contributed by atoms with Crippen LogP contribution in [-0.4, -0.2) is 72.3 Å². The Morgan fingerprint density at radius 1 is 1.14 bits per heavy atom. The van der Waals surface area contributed by atoms with E-state index in [-0.39, 0.29) is 30.3 Å². The number of halogens is 1. The molecule has 1 aliphatic rings. The summed E-state index contributed by atoms with van der Waals surface area (Å²) in [6, 6.07) is 7.00. The van der Waals surface area contributed by atoms with Gasteiger partial charge in [0.15, 0.2) is 0 Å². The lowest BCUT2D eigenvalue weighted by molar-refractivity contribution is -0.138. The highest BCUT2D eigenvalue weighted by atomic mass is 35.5. The zero-order chi connectivity index (χ0) is 20.7. The summed E-state index contributed by atoms with van der Waals surface area (Å²) in [4.78, 5) is 42.3. The lowest BCUT2D eigenvalue weighted by Crippen LogP contribution is -2.49. The number of para-hydroxylation sites is 1. The predicted octanol–water partition coefficient (Wildman–Crippen LogP) is 2.91. The Kier molecular flexibility index (Phi) is 8.11. The summed E-state index contributed by atoms with van der Waals surface area (Å²) in [6.07, 6.45) is 1.23. The lowest BCUT2D eigenvalue weighted by atomic mass is 9.95. The molecule has 7 nitrogen and oxygen atoms in total. The van der Waals surface area contributed by atoms with E-state index in [1.54, 1.807) is 41.1 Å². The molecule has 0 saturated carbocycles. The van der Waals surface area contributed by atoms with Crippen LogP contribution >= 0.6 is 11.6 Å². The smallest absolute Gasteiger partial charge is 0.319 e. The Hall–Kier alpha value is -2.28. The van der Waals surface area contributed by atoms with Gasteiger partial charge >= 0.3 is 6.03 Å². The van der Waals surface area contributed by atoms with Crippen LogP contribution in [0.1, 0.15) is 26.7 Å². The minimum atomic E-state index is -0.293. The van der Waals surface area contributed by atoms with E-state index in [4.69, 9.17) is 11.6 Å². The third-order valence-electron chi connectivity index (χ3n) is 5.05. The second-order valence-corrected chi connectivity index (χ2v) is 7.35. The van der Waals surface area contributed by atoms with E-state index < -0.39 is 0 Å². The van der Waals surface area contributed by atoms with Crippen molar-refractivity contribution in [1.29, 1.82) is 0 Å². The normalized spacial score (nSPS) is 14.5. The lowest BCUT2D eigenvalue weighted by Gasteiger charge is -2.35. The molecule has 154 valence electrons. The van der Waals surface area contributed by atoms with Crippen LogP contribution in [0.4, 0.5) is 10.5 Å². The van der Waals surface area contributed by atoms with E-state index in [0.29, 0.717) is 49.7 Å². The number of nitrogens with zero attached hydrogens (tertiary/aromatic N) is 3. The Morgan fingerprint density at radius 2 is 1.75 bits per heavy atom. The molecule has 2 rings (SSSR count). The van der Waals surface area contributed by atoms with Crippen molar-refractivity contribution in [3.63, 3.8) is 0 Å². The van der Waals surface area contributed by atoms with Crippen molar-refractivity contribution >= 4 is 35.1 Å². The maximum Gasteiger partial charge on any atom is 0.319 e. The van der Waals surface area contributed by atoms with Gasteiger partial charge in [-0.15, -0.1) is 0 Å². The Bertz CT molecular complexity index is 700. The first-order chi connectivity index (χ1) is 13.4. The number of likely N-dealkylation sites (tertiary alicyclic amines) is 1. The molecular formula is C20H29ClN4O3. The summed E-state index contributed by atoms with van der Waals surface area (Å²) in [6.45, 7) is 6.36. The molecule has 0 unspecified atom stereocenters. The molecule has 1 N–H and O–H groups in total. The van der Waals surface area contributed by atoms with E-state index in [1.165, 1.54) is 4.90 Å². The minimum absolute atomic E-state index is 0.0309. The molecule has 0 atom stereocenters. The molecule has 8 heteroatoms. The summed E-state index contributed by atoms with van der Waals surface area (Å²) in [5.74, 6) is -0.527. The van der Waals surface area contributed by atoms with Crippen molar-refractivity contribution in [3.8, 4) is 0 Å². The molecule has 1 heterocycles. The molecule has 0 spiro atoms. The van der Waals surface area contributed by atoms with Gasteiger partial charge in [0.1, 0.15) is 0 Å². The summed E-state index contributed by atoms with van der Waals surface area (Å²) in [7, 11) is 1.63. The number of carbonyl (C=O) groups is 3. The van der Waals surface area contributed by atoms with Crippen LogP contribution in [0.3, 0.4) is 0 Å². The Labute approximate surface area is 171 Å². The fourth-order valence-corrected chi connectivity index (χ4v) is 3.55. The molecule has 1 aromatic carbocycles. The maximum absolute atomic E-state index is 12.7. The van der Waals surface area contributed by atoms with E-state index in [0.717, 1.165) is 0 Å². The maximum atomic E-state index is 12.7. The standard InChI is InChI=1S/C20H29ClN4O3/c1-4-24(5-2)20(28)25-12-10-15(11-13-25)19(27)23(3)14-18(26)22-17-9-7-6-8-16(17)21/h6-9,15H,4-5,10-14H2,1-3H3,(H,22,26). The van der Waals surface area contributed by atoms with Gasteiger partial charge in [-0.1, -0.05) is 23.7 Å². The highest BCUT2D eigenvalue weighted by Crippen LogP contribution is 2.22. The van der Waals surface area contributed by atoms with Crippen LogP contribution in [-0.2, 0) is 9.59 Å². The molecule has 0 aliphatic carbocycles. The average Bonchev–Trinajstić information content (AvgIpc) is 2.70. The van der Waals surface area contributed by atoms with Crippen molar-refractivity contribution in [1.82, 2.24) is 14.7 Å². The van der Waals surface area contributed by atoms with Crippen molar-refractivity contribution in [2.24, 2.45) is 5.92 Å². The van der Waals surface area contributed by atoms with Crippen LogP contribution in [0.25, 0.3) is 0 Å². The first kappa shape index (κ1) is 22.0. The minimum Gasteiger partial charge on any atom is -0.336 e. The van der Waals surface area contributed by atoms with Crippen molar-refractivity contribution in [3.05, 3.63) is 29.3 Å². The largest absolute Gasteiger partial charge is 0.336 e. The Morgan fingerprint density at radius 3 is 2.32 bits per heavy atom. The first-order valence-corrected chi connectivity index (χ1v) is 10.1. The number of amides is 4. The van der Waals surface area contributed by atoms with Gasteiger partial charge in [-0.2, -0.15) is 0 Å². The zero-order valence-electron chi connectivity index (χ0n) is 16.8. The van der Waals surface area contributed by atoms with Crippen molar-refractivity contribution in [2.75, 3.05) is 45.1 Å². The molecule has 28 heavy (non-hydrogen) atoms.